The maximum Gasteiger partial charge on any atom is 0.194 e. The number of rotatable bonds is 6. The summed E-state index contributed by atoms with van der Waals surface area (Å²) in [5.41, 5.74) is 4.22. The van der Waals surface area contributed by atoms with E-state index in [0.29, 0.717) is 6.54 Å². The molecule has 0 spiro atoms. The number of benzene rings is 1. The highest BCUT2D eigenvalue weighted by Gasteiger charge is 2.12. The Morgan fingerprint density at radius 3 is 2.37 bits per heavy atom. The normalized spacial score (nSPS) is 10.8. The van der Waals surface area contributed by atoms with Crippen molar-refractivity contribution in [3.8, 4) is 11.5 Å². The third-order valence-corrected chi connectivity index (χ3v) is 4.32. The molecule has 1 heterocycles. The Morgan fingerprint density at radius 1 is 1.15 bits per heavy atom. The van der Waals surface area contributed by atoms with E-state index in [2.05, 4.69) is 32.3 Å². The lowest BCUT2D eigenvalue weighted by Crippen LogP contribution is -2.38. The molecular formula is C20H29IN4O2. The van der Waals surface area contributed by atoms with Crippen LogP contribution in [0.5, 0.6) is 11.5 Å². The van der Waals surface area contributed by atoms with Crippen LogP contribution in [0.4, 0.5) is 0 Å². The third kappa shape index (κ3) is 5.98. The van der Waals surface area contributed by atoms with Gasteiger partial charge >= 0.3 is 0 Å². The number of hydrogen-bond acceptors (Lipinski definition) is 4. The minimum absolute atomic E-state index is 0. The Kier molecular flexibility index (Phi) is 9.34. The van der Waals surface area contributed by atoms with Crippen LogP contribution in [0.25, 0.3) is 0 Å². The van der Waals surface area contributed by atoms with E-state index in [1.54, 1.807) is 21.3 Å². The smallest absolute Gasteiger partial charge is 0.194 e. The number of halogens is 1. The van der Waals surface area contributed by atoms with Crippen molar-refractivity contribution >= 4 is 29.9 Å². The average molecular weight is 484 g/mol. The predicted molar refractivity (Wildman–Crippen MR) is 120 cm³/mol. The lowest BCUT2D eigenvalue weighted by molar-refractivity contribution is 0.406. The molecule has 0 saturated heterocycles. The summed E-state index contributed by atoms with van der Waals surface area (Å²) in [4.78, 5) is 11.0. The molecule has 7 heteroatoms. The second-order valence-corrected chi connectivity index (χ2v) is 6.15. The topological polar surface area (TPSA) is 59.0 Å². The number of aliphatic imine (C=N–C) groups is 1. The monoisotopic (exact) mass is 484 g/mol. The van der Waals surface area contributed by atoms with Crippen LogP contribution in [0, 0.1) is 13.8 Å². The van der Waals surface area contributed by atoms with Gasteiger partial charge in [-0.15, -0.1) is 24.0 Å². The first-order valence-electron chi connectivity index (χ1n) is 8.54. The van der Waals surface area contributed by atoms with Crippen LogP contribution in [0.15, 0.2) is 35.5 Å². The van der Waals surface area contributed by atoms with Crippen molar-refractivity contribution in [2.75, 3.05) is 28.3 Å². The Bertz CT molecular complexity index is 763. The number of aromatic nitrogens is 1. The van der Waals surface area contributed by atoms with Gasteiger partial charge in [-0.2, -0.15) is 0 Å². The van der Waals surface area contributed by atoms with Gasteiger partial charge in [0.2, 0.25) is 0 Å². The van der Waals surface area contributed by atoms with Gasteiger partial charge in [-0.3, -0.25) is 9.98 Å². The highest BCUT2D eigenvalue weighted by atomic mass is 127. The van der Waals surface area contributed by atoms with E-state index in [4.69, 9.17) is 9.47 Å². The highest BCUT2D eigenvalue weighted by molar-refractivity contribution is 14.0. The summed E-state index contributed by atoms with van der Waals surface area (Å²) in [7, 11) is 7.15. The number of methoxy groups -OCH3 is 2. The molecule has 6 nitrogen and oxygen atoms in total. The quantitative estimate of drug-likeness (QED) is 0.386. The Hall–Kier alpha value is -2.03. The average Bonchev–Trinajstić information content (AvgIpc) is 2.65. The van der Waals surface area contributed by atoms with Gasteiger partial charge in [0.05, 0.1) is 26.5 Å². The molecule has 0 aliphatic heterocycles. The molecule has 0 radical (unpaired) electrons. The zero-order chi connectivity index (χ0) is 19.1. The molecular weight excluding hydrogens is 455 g/mol. The number of nitrogens with one attached hydrogen (secondary N) is 1. The van der Waals surface area contributed by atoms with Crippen molar-refractivity contribution in [1.29, 1.82) is 0 Å². The van der Waals surface area contributed by atoms with Gasteiger partial charge in [-0.25, -0.2) is 0 Å². The zero-order valence-electron chi connectivity index (χ0n) is 16.9. The molecule has 1 aromatic carbocycles. The zero-order valence-corrected chi connectivity index (χ0v) is 19.2. The summed E-state index contributed by atoms with van der Waals surface area (Å²) in [5.74, 6) is 2.55. The van der Waals surface area contributed by atoms with Crippen LogP contribution in [0.3, 0.4) is 0 Å². The molecule has 0 unspecified atom stereocenters. The predicted octanol–water partition coefficient (Wildman–Crippen LogP) is 3.54. The Labute approximate surface area is 179 Å². The van der Waals surface area contributed by atoms with Crippen LogP contribution < -0.4 is 14.8 Å². The van der Waals surface area contributed by atoms with Crippen molar-refractivity contribution in [3.05, 3.63) is 52.8 Å². The molecule has 1 N–H and O–H groups in total. The number of aryl methyl sites for hydroxylation is 1. The van der Waals surface area contributed by atoms with Crippen molar-refractivity contribution in [1.82, 2.24) is 15.2 Å². The summed E-state index contributed by atoms with van der Waals surface area (Å²) in [6.45, 7) is 5.35. The first-order valence-corrected chi connectivity index (χ1v) is 8.54. The number of guanidine groups is 1. The summed E-state index contributed by atoms with van der Waals surface area (Å²) >= 11 is 0. The third-order valence-electron chi connectivity index (χ3n) is 4.32. The van der Waals surface area contributed by atoms with Crippen LogP contribution in [-0.2, 0) is 13.1 Å². The maximum absolute atomic E-state index is 5.48. The van der Waals surface area contributed by atoms with E-state index in [-0.39, 0.29) is 24.0 Å². The van der Waals surface area contributed by atoms with Crippen LogP contribution >= 0.6 is 24.0 Å². The minimum atomic E-state index is 0. The second kappa shape index (κ2) is 11.0. The van der Waals surface area contributed by atoms with Crippen LogP contribution in [0.2, 0.25) is 0 Å². The van der Waals surface area contributed by atoms with Crippen LogP contribution in [-0.4, -0.2) is 44.2 Å². The summed E-state index contributed by atoms with van der Waals surface area (Å²) in [6.07, 6.45) is 1.84. The van der Waals surface area contributed by atoms with Crippen molar-refractivity contribution in [2.45, 2.75) is 26.9 Å². The van der Waals surface area contributed by atoms with Crippen molar-refractivity contribution in [3.63, 3.8) is 0 Å². The van der Waals surface area contributed by atoms with E-state index in [1.165, 1.54) is 5.56 Å². The SMILES string of the molecule is CN=C(NCc1ncc(C)c(OC)c1C)N(C)Cc1ccc(OC)cc1.I. The van der Waals surface area contributed by atoms with Gasteiger partial charge in [-0.05, 0) is 31.5 Å². The molecule has 0 bridgehead atoms. The second-order valence-electron chi connectivity index (χ2n) is 6.15. The van der Waals surface area contributed by atoms with Crippen LogP contribution in [0.1, 0.15) is 22.4 Å². The molecule has 27 heavy (non-hydrogen) atoms. The molecule has 0 fully saturated rings. The molecule has 0 atom stereocenters. The fourth-order valence-corrected chi connectivity index (χ4v) is 2.88. The molecule has 0 saturated carbocycles. The van der Waals surface area contributed by atoms with E-state index < -0.39 is 0 Å². The van der Waals surface area contributed by atoms with Crippen molar-refractivity contribution < 1.29 is 9.47 Å². The van der Waals surface area contributed by atoms with E-state index in [1.807, 2.05) is 39.2 Å². The van der Waals surface area contributed by atoms with Gasteiger partial charge < -0.3 is 19.7 Å². The number of hydrogen-bond donors (Lipinski definition) is 1. The van der Waals surface area contributed by atoms with Gasteiger partial charge in [0.15, 0.2) is 5.96 Å². The molecule has 0 aliphatic rings. The molecule has 2 rings (SSSR count). The van der Waals surface area contributed by atoms with E-state index >= 15 is 0 Å². The summed E-state index contributed by atoms with van der Waals surface area (Å²) in [6, 6.07) is 8.04. The number of ether oxygens (including phenoxy) is 2. The largest absolute Gasteiger partial charge is 0.497 e. The standard InChI is InChI=1S/C20H28N4O2.HI/c1-14-11-22-18(15(2)19(14)26-6)12-23-20(21-3)24(4)13-16-7-9-17(25-5)10-8-16;/h7-11H,12-13H2,1-6H3,(H,21,23);1H. The minimum Gasteiger partial charge on any atom is -0.497 e. The maximum atomic E-state index is 5.48. The van der Waals surface area contributed by atoms with Gasteiger partial charge in [0, 0.05) is 38.0 Å². The molecule has 148 valence electrons. The van der Waals surface area contributed by atoms with E-state index in [0.717, 1.165) is 40.8 Å². The fourth-order valence-electron chi connectivity index (χ4n) is 2.88. The number of nitrogens with zero attached hydrogens (tertiary/aromatic N) is 3. The highest BCUT2D eigenvalue weighted by Crippen LogP contribution is 2.23. The lowest BCUT2D eigenvalue weighted by Gasteiger charge is -2.22. The molecule has 1 aromatic heterocycles. The van der Waals surface area contributed by atoms with Gasteiger partial charge in [0.1, 0.15) is 11.5 Å². The Morgan fingerprint density at radius 2 is 1.81 bits per heavy atom. The molecule has 2 aromatic rings. The number of pyridine rings is 1. The lowest BCUT2D eigenvalue weighted by atomic mass is 10.1. The Balaban J connectivity index is 0.00000364. The molecule has 0 amide bonds. The van der Waals surface area contributed by atoms with Gasteiger partial charge in [-0.1, -0.05) is 12.1 Å². The van der Waals surface area contributed by atoms with Crippen molar-refractivity contribution in [2.24, 2.45) is 4.99 Å². The summed E-state index contributed by atoms with van der Waals surface area (Å²) in [5, 5.41) is 3.37. The molecule has 0 aliphatic carbocycles. The summed E-state index contributed by atoms with van der Waals surface area (Å²) < 4.78 is 10.7. The first kappa shape index (κ1) is 23.0. The first-order chi connectivity index (χ1) is 12.5. The van der Waals surface area contributed by atoms with Gasteiger partial charge in [0.25, 0.3) is 0 Å². The fraction of sp³-hybridized carbons (Fsp3) is 0.400. The van der Waals surface area contributed by atoms with E-state index in [9.17, 15) is 0 Å².